The number of aromatic nitrogens is 3. The molecular formula is C19H20N4O4S. The van der Waals surface area contributed by atoms with Crippen LogP contribution in [0.5, 0.6) is 0 Å². The third-order valence-electron chi connectivity index (χ3n) is 4.79. The number of rotatable bonds is 6. The summed E-state index contributed by atoms with van der Waals surface area (Å²) in [6.07, 6.45) is 1.93. The van der Waals surface area contributed by atoms with Crippen molar-refractivity contribution in [2.75, 3.05) is 13.2 Å². The maximum absolute atomic E-state index is 13.0. The largest absolute Gasteiger partial charge is 0.376 e. The number of ether oxygens (including phenoxy) is 1. The van der Waals surface area contributed by atoms with E-state index < -0.39 is 11.2 Å². The van der Waals surface area contributed by atoms with Gasteiger partial charge in [0.15, 0.2) is 5.52 Å². The van der Waals surface area contributed by atoms with Gasteiger partial charge in [0.1, 0.15) is 6.54 Å². The molecule has 0 unspecified atom stereocenters. The number of nitrogens with one attached hydrogen (secondary N) is 1. The first-order valence-corrected chi connectivity index (χ1v) is 9.97. The summed E-state index contributed by atoms with van der Waals surface area (Å²) in [5.74, 6) is -0.296. The highest BCUT2D eigenvalue weighted by atomic mass is 32.1. The summed E-state index contributed by atoms with van der Waals surface area (Å²) in [6.45, 7) is 1.09. The Morgan fingerprint density at radius 1 is 1.25 bits per heavy atom. The van der Waals surface area contributed by atoms with E-state index in [1.165, 1.54) is 4.57 Å². The number of carbonyl (C=O) groups is 1. The average molecular weight is 400 g/mol. The summed E-state index contributed by atoms with van der Waals surface area (Å²) in [5, 5.41) is 4.44. The summed E-state index contributed by atoms with van der Waals surface area (Å²) >= 11 is 1.09. The molecule has 0 aliphatic carbocycles. The molecule has 3 aromatic rings. The van der Waals surface area contributed by atoms with Gasteiger partial charge in [0.25, 0.3) is 5.56 Å². The Kier molecular flexibility index (Phi) is 5.36. The van der Waals surface area contributed by atoms with Crippen molar-refractivity contribution in [2.45, 2.75) is 32.0 Å². The van der Waals surface area contributed by atoms with Crippen molar-refractivity contribution in [1.82, 2.24) is 18.8 Å². The number of nitrogens with zero attached hydrogens (tertiary/aromatic N) is 3. The van der Waals surface area contributed by atoms with Gasteiger partial charge in [-0.2, -0.15) is 4.37 Å². The fraction of sp³-hybridized carbons (Fsp3) is 0.368. The molecule has 1 aliphatic rings. The van der Waals surface area contributed by atoms with Gasteiger partial charge < -0.3 is 10.1 Å². The van der Waals surface area contributed by atoms with Crippen LogP contribution < -0.4 is 16.6 Å². The molecule has 1 aliphatic heterocycles. The van der Waals surface area contributed by atoms with Crippen LogP contribution in [0.2, 0.25) is 0 Å². The van der Waals surface area contributed by atoms with Crippen LogP contribution in [0.1, 0.15) is 18.4 Å². The predicted molar refractivity (Wildman–Crippen MR) is 106 cm³/mol. The molecule has 1 saturated heterocycles. The van der Waals surface area contributed by atoms with Crippen LogP contribution in [0.4, 0.5) is 0 Å². The minimum absolute atomic E-state index is 0.0236. The standard InChI is InChI=1S/C19H20N4O4S/c24-16(20-9-14-7-4-8-27-14)11-22-15-12-28-21-17(15)18(25)23(19(22)26)10-13-5-2-1-3-6-13/h1-3,5-6,12,14H,4,7-11H2,(H,20,24)/t14-/m1/s1. The molecule has 0 bridgehead atoms. The lowest BCUT2D eigenvalue weighted by Gasteiger charge is -2.13. The topological polar surface area (TPSA) is 95.2 Å². The van der Waals surface area contributed by atoms with E-state index in [9.17, 15) is 14.4 Å². The summed E-state index contributed by atoms with van der Waals surface area (Å²) in [7, 11) is 0. The molecule has 1 fully saturated rings. The van der Waals surface area contributed by atoms with Crippen molar-refractivity contribution in [3.05, 3.63) is 62.1 Å². The van der Waals surface area contributed by atoms with Crippen LogP contribution in [0.25, 0.3) is 11.0 Å². The molecule has 8 nitrogen and oxygen atoms in total. The Morgan fingerprint density at radius 3 is 2.82 bits per heavy atom. The first-order valence-electron chi connectivity index (χ1n) is 9.13. The third-order valence-corrected chi connectivity index (χ3v) is 5.40. The second-order valence-corrected chi connectivity index (χ2v) is 7.36. The lowest BCUT2D eigenvalue weighted by molar-refractivity contribution is -0.122. The normalized spacial score (nSPS) is 16.5. The van der Waals surface area contributed by atoms with E-state index >= 15 is 0 Å². The zero-order chi connectivity index (χ0) is 19.5. The van der Waals surface area contributed by atoms with E-state index in [4.69, 9.17) is 4.74 Å². The van der Waals surface area contributed by atoms with Crippen molar-refractivity contribution in [2.24, 2.45) is 0 Å². The fourth-order valence-corrected chi connectivity index (χ4v) is 3.99. The van der Waals surface area contributed by atoms with Crippen LogP contribution in [0, 0.1) is 0 Å². The highest BCUT2D eigenvalue weighted by Gasteiger charge is 2.19. The van der Waals surface area contributed by atoms with E-state index in [1.807, 2.05) is 30.3 Å². The minimum Gasteiger partial charge on any atom is -0.376 e. The first-order chi connectivity index (χ1) is 13.6. The molecular weight excluding hydrogens is 380 g/mol. The molecule has 0 saturated carbocycles. The van der Waals surface area contributed by atoms with Crippen LogP contribution >= 0.6 is 11.5 Å². The van der Waals surface area contributed by atoms with Gasteiger partial charge >= 0.3 is 5.69 Å². The Bertz CT molecular complexity index is 1100. The zero-order valence-electron chi connectivity index (χ0n) is 15.2. The zero-order valence-corrected chi connectivity index (χ0v) is 16.0. The molecule has 0 radical (unpaired) electrons. The molecule has 1 atom stereocenters. The van der Waals surface area contributed by atoms with Crippen molar-refractivity contribution in [3.63, 3.8) is 0 Å². The lowest BCUT2D eigenvalue weighted by Crippen LogP contribution is -2.43. The monoisotopic (exact) mass is 400 g/mol. The number of hydrogen-bond acceptors (Lipinski definition) is 6. The summed E-state index contributed by atoms with van der Waals surface area (Å²) in [6, 6.07) is 9.25. The van der Waals surface area contributed by atoms with Crippen LogP contribution in [-0.4, -0.2) is 38.7 Å². The SMILES string of the molecule is O=C(Cn1c(=O)n(Cc2ccccc2)c(=O)c2nscc21)NC[C@H]1CCCO1. The molecule has 1 amide bonds. The highest BCUT2D eigenvalue weighted by molar-refractivity contribution is 7.04. The van der Waals surface area contributed by atoms with E-state index in [0.717, 1.165) is 34.5 Å². The Labute approximate surface area is 164 Å². The van der Waals surface area contributed by atoms with Gasteiger partial charge in [-0.25, -0.2) is 4.79 Å². The smallest absolute Gasteiger partial charge is 0.332 e. The van der Waals surface area contributed by atoms with E-state index in [2.05, 4.69) is 9.69 Å². The maximum Gasteiger partial charge on any atom is 0.332 e. The van der Waals surface area contributed by atoms with Gasteiger partial charge in [0, 0.05) is 18.5 Å². The minimum atomic E-state index is -0.520. The Balaban J connectivity index is 1.63. The van der Waals surface area contributed by atoms with Gasteiger partial charge in [-0.05, 0) is 29.9 Å². The number of hydrogen-bond donors (Lipinski definition) is 1. The maximum atomic E-state index is 13.0. The van der Waals surface area contributed by atoms with Gasteiger partial charge in [-0.15, -0.1) is 0 Å². The number of amides is 1. The second kappa shape index (κ2) is 8.07. The first kappa shape index (κ1) is 18.6. The molecule has 4 rings (SSSR count). The second-order valence-electron chi connectivity index (χ2n) is 6.73. The number of carbonyl (C=O) groups excluding carboxylic acids is 1. The number of fused-ring (bicyclic) bond motifs is 1. The lowest BCUT2D eigenvalue weighted by atomic mass is 10.2. The molecule has 28 heavy (non-hydrogen) atoms. The van der Waals surface area contributed by atoms with E-state index in [1.54, 1.807) is 5.38 Å². The average Bonchev–Trinajstić information content (AvgIpc) is 3.40. The van der Waals surface area contributed by atoms with Crippen molar-refractivity contribution in [3.8, 4) is 0 Å². The quantitative estimate of drug-likeness (QED) is 0.665. The molecule has 2 aromatic heterocycles. The summed E-state index contributed by atoms with van der Waals surface area (Å²) in [5.41, 5.74) is 0.449. The van der Waals surface area contributed by atoms with E-state index in [0.29, 0.717) is 18.7 Å². The van der Waals surface area contributed by atoms with Gasteiger partial charge in [0.2, 0.25) is 5.91 Å². The van der Waals surface area contributed by atoms with Crippen LogP contribution in [0.15, 0.2) is 45.3 Å². The summed E-state index contributed by atoms with van der Waals surface area (Å²) < 4.78 is 12.1. The third kappa shape index (κ3) is 3.76. The van der Waals surface area contributed by atoms with E-state index in [-0.39, 0.29) is 30.6 Å². The van der Waals surface area contributed by atoms with Gasteiger partial charge in [-0.1, -0.05) is 30.3 Å². The van der Waals surface area contributed by atoms with Crippen LogP contribution in [-0.2, 0) is 22.6 Å². The number of benzene rings is 1. The molecule has 3 heterocycles. The Hall–Kier alpha value is -2.78. The van der Waals surface area contributed by atoms with Crippen molar-refractivity contribution >= 4 is 28.5 Å². The van der Waals surface area contributed by atoms with Crippen molar-refractivity contribution in [1.29, 1.82) is 0 Å². The van der Waals surface area contributed by atoms with Crippen LogP contribution in [0.3, 0.4) is 0 Å². The molecule has 0 spiro atoms. The molecule has 1 aromatic carbocycles. The van der Waals surface area contributed by atoms with Gasteiger partial charge in [0.05, 0.1) is 18.2 Å². The fourth-order valence-electron chi connectivity index (χ4n) is 3.33. The molecule has 9 heteroatoms. The summed E-state index contributed by atoms with van der Waals surface area (Å²) in [4.78, 5) is 38.1. The Morgan fingerprint density at radius 2 is 2.07 bits per heavy atom. The highest BCUT2D eigenvalue weighted by Crippen LogP contribution is 2.12. The molecule has 146 valence electrons. The van der Waals surface area contributed by atoms with Gasteiger partial charge in [-0.3, -0.25) is 18.7 Å². The molecule has 1 N–H and O–H groups in total. The van der Waals surface area contributed by atoms with Crippen molar-refractivity contribution < 1.29 is 9.53 Å². The predicted octanol–water partition coefficient (Wildman–Crippen LogP) is 0.963.